The van der Waals surface area contributed by atoms with Crippen molar-refractivity contribution in [2.24, 2.45) is 0 Å². The van der Waals surface area contributed by atoms with Gasteiger partial charge in [-0.2, -0.15) is 0 Å². The average molecular weight is 331 g/mol. The number of rotatable bonds is 5. The molecule has 112 valence electrons. The lowest BCUT2D eigenvalue weighted by atomic mass is 10.3. The van der Waals surface area contributed by atoms with E-state index in [0.717, 1.165) is 15.4 Å². The molecule has 0 radical (unpaired) electrons. The molecule has 0 spiro atoms. The quantitative estimate of drug-likeness (QED) is 0.728. The first-order valence-electron chi connectivity index (χ1n) is 6.97. The summed E-state index contributed by atoms with van der Waals surface area (Å²) in [6.07, 6.45) is 4.08. The molecule has 1 amide bonds. The molecule has 1 saturated carbocycles. The van der Waals surface area contributed by atoms with E-state index in [4.69, 9.17) is 0 Å². The first kappa shape index (κ1) is 13.7. The number of hydrogen-bond donors (Lipinski definition) is 1. The molecule has 1 N–H and O–H groups in total. The normalized spacial score (nSPS) is 14.4. The molecule has 2 heterocycles. The Hall–Kier alpha value is -1.93. The van der Waals surface area contributed by atoms with Crippen molar-refractivity contribution in [1.29, 1.82) is 0 Å². The van der Waals surface area contributed by atoms with Crippen LogP contribution in [0, 0.1) is 0 Å². The largest absolute Gasteiger partial charge is 0.306 e. The SMILES string of the molecule is O=C(CSc1nncn1C1CC1)Nc1nc2ccccc2s1. The highest BCUT2D eigenvalue weighted by Gasteiger charge is 2.26. The molecule has 1 aliphatic rings. The van der Waals surface area contributed by atoms with Crippen LogP contribution in [0.5, 0.6) is 0 Å². The lowest BCUT2D eigenvalue weighted by molar-refractivity contribution is -0.113. The lowest BCUT2D eigenvalue weighted by Gasteiger charge is -2.03. The van der Waals surface area contributed by atoms with Crippen LogP contribution in [0.3, 0.4) is 0 Å². The van der Waals surface area contributed by atoms with Crippen LogP contribution < -0.4 is 5.32 Å². The summed E-state index contributed by atoms with van der Waals surface area (Å²) in [5, 5.41) is 12.3. The van der Waals surface area contributed by atoms with E-state index >= 15 is 0 Å². The molecule has 0 unspecified atom stereocenters. The van der Waals surface area contributed by atoms with Gasteiger partial charge in [0.2, 0.25) is 5.91 Å². The van der Waals surface area contributed by atoms with E-state index < -0.39 is 0 Å². The number of fused-ring (bicyclic) bond motifs is 1. The molecule has 22 heavy (non-hydrogen) atoms. The van der Waals surface area contributed by atoms with E-state index in [1.165, 1.54) is 35.9 Å². The topological polar surface area (TPSA) is 72.7 Å². The maximum Gasteiger partial charge on any atom is 0.236 e. The van der Waals surface area contributed by atoms with E-state index in [9.17, 15) is 4.79 Å². The summed E-state index contributed by atoms with van der Waals surface area (Å²) in [5.41, 5.74) is 0.906. The van der Waals surface area contributed by atoms with Gasteiger partial charge >= 0.3 is 0 Å². The van der Waals surface area contributed by atoms with Gasteiger partial charge < -0.3 is 9.88 Å². The van der Waals surface area contributed by atoms with E-state index in [1.54, 1.807) is 6.33 Å². The van der Waals surface area contributed by atoms with E-state index in [0.29, 0.717) is 16.9 Å². The fourth-order valence-electron chi connectivity index (χ4n) is 2.15. The molecule has 0 bridgehead atoms. The zero-order valence-corrected chi connectivity index (χ0v) is 13.2. The summed E-state index contributed by atoms with van der Waals surface area (Å²) in [5.74, 6) is 0.232. The van der Waals surface area contributed by atoms with E-state index in [2.05, 4.69) is 25.1 Å². The predicted octanol–water partition coefficient (Wildman–Crippen LogP) is 2.95. The molecule has 4 rings (SSSR count). The second-order valence-electron chi connectivity index (χ2n) is 5.08. The molecular weight excluding hydrogens is 318 g/mol. The predicted molar refractivity (Wildman–Crippen MR) is 87.3 cm³/mol. The van der Waals surface area contributed by atoms with E-state index in [-0.39, 0.29) is 5.91 Å². The molecule has 0 atom stereocenters. The number of amides is 1. The first-order chi connectivity index (χ1) is 10.8. The van der Waals surface area contributed by atoms with E-state index in [1.807, 2.05) is 24.3 Å². The molecule has 0 saturated heterocycles. The van der Waals surface area contributed by atoms with Crippen LogP contribution in [0.25, 0.3) is 10.2 Å². The Bertz CT molecular complexity index is 790. The molecule has 1 aromatic carbocycles. The first-order valence-corrected chi connectivity index (χ1v) is 8.77. The Morgan fingerprint density at radius 3 is 3.09 bits per heavy atom. The minimum Gasteiger partial charge on any atom is -0.306 e. The summed E-state index contributed by atoms with van der Waals surface area (Å²) in [4.78, 5) is 16.5. The van der Waals surface area contributed by atoms with Crippen LogP contribution in [-0.2, 0) is 4.79 Å². The summed E-state index contributed by atoms with van der Waals surface area (Å²) >= 11 is 2.89. The molecule has 2 aromatic heterocycles. The number of anilines is 1. The highest BCUT2D eigenvalue weighted by Crippen LogP contribution is 2.37. The van der Waals surface area contributed by atoms with Crippen molar-refractivity contribution in [1.82, 2.24) is 19.7 Å². The van der Waals surface area contributed by atoms with Gasteiger partial charge in [-0.3, -0.25) is 4.79 Å². The van der Waals surface area contributed by atoms with Crippen molar-refractivity contribution in [3.8, 4) is 0 Å². The minimum absolute atomic E-state index is 0.0746. The Morgan fingerprint density at radius 2 is 2.27 bits per heavy atom. The number of carbonyl (C=O) groups excluding carboxylic acids is 1. The molecule has 1 fully saturated rings. The van der Waals surface area contributed by atoms with Gasteiger partial charge in [0.05, 0.1) is 16.0 Å². The number of thiazole rings is 1. The second kappa shape index (κ2) is 5.69. The maximum atomic E-state index is 12.1. The van der Waals surface area contributed by atoms with Crippen molar-refractivity contribution in [2.75, 3.05) is 11.1 Å². The van der Waals surface area contributed by atoms with Crippen LogP contribution in [0.15, 0.2) is 35.7 Å². The molecule has 8 heteroatoms. The number of aromatic nitrogens is 4. The van der Waals surface area contributed by atoms with Crippen molar-refractivity contribution in [2.45, 2.75) is 24.0 Å². The fourth-order valence-corrected chi connectivity index (χ4v) is 3.81. The highest BCUT2D eigenvalue weighted by atomic mass is 32.2. The second-order valence-corrected chi connectivity index (χ2v) is 7.05. The number of carbonyl (C=O) groups is 1. The van der Waals surface area contributed by atoms with Crippen LogP contribution in [0.2, 0.25) is 0 Å². The van der Waals surface area contributed by atoms with Gasteiger partial charge in [-0.05, 0) is 25.0 Å². The van der Waals surface area contributed by atoms with Gasteiger partial charge in [0.25, 0.3) is 0 Å². The van der Waals surface area contributed by atoms with Gasteiger partial charge in [0.1, 0.15) is 6.33 Å². The summed E-state index contributed by atoms with van der Waals surface area (Å²) < 4.78 is 3.12. The monoisotopic (exact) mass is 331 g/mol. The Morgan fingerprint density at radius 1 is 1.41 bits per heavy atom. The number of para-hydroxylation sites is 1. The molecular formula is C14H13N5OS2. The zero-order chi connectivity index (χ0) is 14.9. The smallest absolute Gasteiger partial charge is 0.236 e. The van der Waals surface area contributed by atoms with Gasteiger partial charge in [0, 0.05) is 6.04 Å². The molecule has 6 nitrogen and oxygen atoms in total. The summed E-state index contributed by atoms with van der Waals surface area (Å²) in [6, 6.07) is 8.36. The Kier molecular flexibility index (Phi) is 3.55. The Labute approximate surface area is 135 Å². The van der Waals surface area contributed by atoms with Crippen LogP contribution in [0.1, 0.15) is 18.9 Å². The number of thioether (sulfide) groups is 1. The summed E-state index contributed by atoms with van der Waals surface area (Å²) in [7, 11) is 0. The average Bonchev–Trinajstić information content (AvgIpc) is 3.11. The van der Waals surface area contributed by atoms with Crippen molar-refractivity contribution < 1.29 is 4.79 Å². The summed E-state index contributed by atoms with van der Waals surface area (Å²) in [6.45, 7) is 0. The third-order valence-corrected chi connectivity index (χ3v) is 5.26. The molecule has 3 aromatic rings. The number of nitrogens with zero attached hydrogens (tertiary/aromatic N) is 4. The van der Waals surface area contributed by atoms with Crippen molar-refractivity contribution in [3.63, 3.8) is 0 Å². The number of hydrogen-bond acceptors (Lipinski definition) is 6. The standard InChI is InChI=1S/C14H13N5OS2/c20-12(7-21-14-18-15-8-19(14)9-5-6-9)17-13-16-10-3-1-2-4-11(10)22-13/h1-4,8-9H,5-7H2,(H,16,17,20). The van der Waals surface area contributed by atoms with Gasteiger partial charge in [0.15, 0.2) is 10.3 Å². The maximum absolute atomic E-state index is 12.1. The number of nitrogens with one attached hydrogen (secondary N) is 1. The Balaban J connectivity index is 1.38. The zero-order valence-electron chi connectivity index (χ0n) is 11.6. The van der Waals surface area contributed by atoms with Gasteiger partial charge in [-0.25, -0.2) is 4.98 Å². The third-order valence-electron chi connectivity index (χ3n) is 3.35. The minimum atomic E-state index is -0.0746. The van der Waals surface area contributed by atoms with Crippen LogP contribution >= 0.6 is 23.1 Å². The number of benzene rings is 1. The highest BCUT2D eigenvalue weighted by molar-refractivity contribution is 7.99. The van der Waals surface area contributed by atoms with Crippen LogP contribution in [-0.4, -0.2) is 31.4 Å². The van der Waals surface area contributed by atoms with Crippen LogP contribution in [0.4, 0.5) is 5.13 Å². The van der Waals surface area contributed by atoms with Crippen molar-refractivity contribution in [3.05, 3.63) is 30.6 Å². The molecule has 1 aliphatic carbocycles. The third kappa shape index (κ3) is 2.84. The van der Waals surface area contributed by atoms with Gasteiger partial charge in [-0.15, -0.1) is 10.2 Å². The van der Waals surface area contributed by atoms with Gasteiger partial charge in [-0.1, -0.05) is 35.2 Å². The fraction of sp³-hybridized carbons (Fsp3) is 0.286. The lowest BCUT2D eigenvalue weighted by Crippen LogP contribution is -2.14. The molecule has 0 aliphatic heterocycles. The van der Waals surface area contributed by atoms with Crippen molar-refractivity contribution >= 4 is 44.4 Å².